The molecule has 0 bridgehead atoms. The van der Waals surface area contributed by atoms with E-state index in [1.807, 2.05) is 6.92 Å². The minimum atomic E-state index is -0.865. The molecule has 0 unspecified atom stereocenters. The van der Waals surface area contributed by atoms with Crippen molar-refractivity contribution in [2.75, 3.05) is 13.1 Å². The number of likely N-dealkylation sites (N-methyl/N-ethyl adjacent to an activating group) is 1. The minimum absolute atomic E-state index is 0.00373. The average Bonchev–Trinajstić information content (AvgIpc) is 3.02. The molecule has 1 saturated carbocycles. The Morgan fingerprint density at radius 1 is 1.61 bits per heavy atom. The molecule has 1 heterocycles. The van der Waals surface area contributed by atoms with Crippen molar-refractivity contribution in [3.05, 3.63) is 16.1 Å². The highest BCUT2D eigenvalue weighted by Gasteiger charge is 2.32. The number of nitrogens with zero attached hydrogens (tertiary/aromatic N) is 2. The lowest BCUT2D eigenvalue weighted by Gasteiger charge is -2.27. The largest absolute Gasteiger partial charge is 0.389 e. The first-order valence-electron chi connectivity index (χ1n) is 6.37. The lowest BCUT2D eigenvalue weighted by Crippen LogP contribution is -2.42. The summed E-state index contributed by atoms with van der Waals surface area (Å²) in [7, 11) is 0. The normalized spacial score (nSPS) is 15.8. The van der Waals surface area contributed by atoms with Gasteiger partial charge >= 0.3 is 0 Å². The van der Waals surface area contributed by atoms with Gasteiger partial charge in [-0.2, -0.15) is 0 Å². The number of thiazole rings is 1. The van der Waals surface area contributed by atoms with Crippen LogP contribution < -0.4 is 0 Å². The molecular weight excluding hydrogens is 248 g/mol. The Hall–Kier alpha value is -0.940. The van der Waals surface area contributed by atoms with Gasteiger partial charge in [0.1, 0.15) is 4.88 Å². The number of amides is 1. The summed E-state index contributed by atoms with van der Waals surface area (Å²) in [6.07, 6.45) is 2.28. The third-order valence-corrected chi connectivity index (χ3v) is 3.83. The van der Waals surface area contributed by atoms with Gasteiger partial charge in [0, 0.05) is 19.0 Å². The van der Waals surface area contributed by atoms with E-state index in [1.54, 1.807) is 24.3 Å². The first-order chi connectivity index (χ1) is 8.42. The van der Waals surface area contributed by atoms with Gasteiger partial charge in [0.2, 0.25) is 0 Å². The monoisotopic (exact) mass is 268 g/mol. The zero-order valence-electron chi connectivity index (χ0n) is 11.1. The summed E-state index contributed by atoms with van der Waals surface area (Å²) in [5, 5.41) is 9.85. The Balaban J connectivity index is 2.15. The molecule has 0 aromatic carbocycles. The molecule has 1 aromatic heterocycles. The van der Waals surface area contributed by atoms with E-state index in [1.165, 1.54) is 11.3 Å². The van der Waals surface area contributed by atoms with Crippen LogP contribution in [-0.2, 0) is 0 Å². The average molecular weight is 268 g/mol. The molecule has 1 N–H and O–H groups in total. The van der Waals surface area contributed by atoms with Gasteiger partial charge in [-0.3, -0.25) is 4.79 Å². The van der Waals surface area contributed by atoms with E-state index in [0.717, 1.165) is 23.4 Å². The van der Waals surface area contributed by atoms with Crippen molar-refractivity contribution in [2.24, 2.45) is 0 Å². The van der Waals surface area contributed by atoms with Crippen molar-refractivity contribution in [1.29, 1.82) is 0 Å². The molecule has 2 rings (SSSR count). The highest BCUT2D eigenvalue weighted by molar-refractivity contribution is 7.11. The second-order valence-corrected chi connectivity index (χ2v) is 6.33. The zero-order valence-corrected chi connectivity index (χ0v) is 12.0. The van der Waals surface area contributed by atoms with Crippen molar-refractivity contribution in [3.8, 4) is 0 Å². The van der Waals surface area contributed by atoms with Crippen molar-refractivity contribution in [2.45, 2.75) is 45.1 Å². The number of hydrogen-bond acceptors (Lipinski definition) is 4. The number of hydrogen-bond donors (Lipinski definition) is 1. The van der Waals surface area contributed by atoms with Crippen molar-refractivity contribution in [3.63, 3.8) is 0 Å². The van der Waals surface area contributed by atoms with Gasteiger partial charge in [0.25, 0.3) is 5.91 Å². The second kappa shape index (κ2) is 4.97. The molecule has 1 aromatic rings. The third-order valence-electron chi connectivity index (χ3n) is 3.00. The van der Waals surface area contributed by atoms with Crippen molar-refractivity contribution in [1.82, 2.24) is 9.88 Å². The van der Waals surface area contributed by atoms with Crippen LogP contribution in [0.25, 0.3) is 0 Å². The van der Waals surface area contributed by atoms with Gasteiger partial charge in [-0.05, 0) is 33.6 Å². The summed E-state index contributed by atoms with van der Waals surface area (Å²) in [4.78, 5) is 19.2. The molecule has 0 radical (unpaired) electrons. The molecular formula is C13H20N2O2S. The van der Waals surface area contributed by atoms with Crippen LogP contribution in [0, 0.1) is 0 Å². The molecule has 0 saturated heterocycles. The molecule has 18 heavy (non-hydrogen) atoms. The van der Waals surface area contributed by atoms with Crippen molar-refractivity contribution >= 4 is 17.2 Å². The summed E-state index contributed by atoms with van der Waals surface area (Å²) in [6.45, 7) is 6.32. The molecule has 5 heteroatoms. The predicted molar refractivity (Wildman–Crippen MR) is 72.0 cm³/mol. The molecule has 100 valence electrons. The smallest absolute Gasteiger partial charge is 0.265 e. The van der Waals surface area contributed by atoms with Gasteiger partial charge < -0.3 is 10.0 Å². The van der Waals surface area contributed by atoms with Crippen LogP contribution in [0.4, 0.5) is 0 Å². The van der Waals surface area contributed by atoms with E-state index in [4.69, 9.17) is 0 Å². The first-order valence-corrected chi connectivity index (χ1v) is 7.25. The Morgan fingerprint density at radius 3 is 2.78 bits per heavy atom. The fraction of sp³-hybridized carbons (Fsp3) is 0.692. The summed E-state index contributed by atoms with van der Waals surface area (Å²) in [5.74, 6) is 0.486. The molecule has 1 aliphatic carbocycles. The van der Waals surface area contributed by atoms with Crippen LogP contribution in [0.5, 0.6) is 0 Å². The van der Waals surface area contributed by atoms with Crippen LogP contribution >= 0.6 is 11.3 Å². The Morgan fingerprint density at radius 2 is 2.28 bits per heavy atom. The maximum atomic E-state index is 12.5. The summed E-state index contributed by atoms with van der Waals surface area (Å²) < 4.78 is 0. The molecule has 0 atom stereocenters. The standard InChI is InChI=1S/C13H20N2O2S/c1-4-15(7-13(2,3)17)12(16)11-10(9-5-6-9)14-8-18-11/h8-9,17H,4-7H2,1-3H3. The zero-order chi connectivity index (χ0) is 13.3. The van der Waals surface area contributed by atoms with E-state index in [0.29, 0.717) is 19.0 Å². The fourth-order valence-electron chi connectivity index (χ4n) is 2.00. The van der Waals surface area contributed by atoms with Crippen LogP contribution in [0.2, 0.25) is 0 Å². The lowest BCUT2D eigenvalue weighted by molar-refractivity contribution is 0.0316. The molecule has 1 aliphatic rings. The van der Waals surface area contributed by atoms with Gasteiger partial charge in [0.05, 0.1) is 16.8 Å². The maximum Gasteiger partial charge on any atom is 0.265 e. The lowest BCUT2D eigenvalue weighted by atomic mass is 10.1. The van der Waals surface area contributed by atoms with Gasteiger partial charge in [-0.15, -0.1) is 11.3 Å². The number of carbonyl (C=O) groups excluding carboxylic acids is 1. The quantitative estimate of drug-likeness (QED) is 0.891. The molecule has 4 nitrogen and oxygen atoms in total. The van der Waals surface area contributed by atoms with E-state index in [9.17, 15) is 9.90 Å². The number of carbonyl (C=O) groups is 1. The van der Waals surface area contributed by atoms with E-state index in [-0.39, 0.29) is 5.91 Å². The predicted octanol–water partition coefficient (Wildman–Crippen LogP) is 2.25. The van der Waals surface area contributed by atoms with E-state index in [2.05, 4.69) is 4.98 Å². The molecule has 1 amide bonds. The Labute approximate surface area is 112 Å². The van der Waals surface area contributed by atoms with Gasteiger partial charge in [0.15, 0.2) is 0 Å². The summed E-state index contributed by atoms with van der Waals surface area (Å²) in [5.41, 5.74) is 1.84. The molecule has 1 fully saturated rings. The number of aliphatic hydroxyl groups is 1. The third kappa shape index (κ3) is 3.09. The molecule has 0 spiro atoms. The maximum absolute atomic E-state index is 12.5. The van der Waals surface area contributed by atoms with Crippen LogP contribution in [-0.4, -0.2) is 39.6 Å². The summed E-state index contributed by atoms with van der Waals surface area (Å²) >= 11 is 1.41. The number of aromatic nitrogens is 1. The van der Waals surface area contributed by atoms with E-state index >= 15 is 0 Å². The van der Waals surface area contributed by atoms with Gasteiger partial charge in [-0.1, -0.05) is 0 Å². The molecule has 0 aliphatic heterocycles. The highest BCUT2D eigenvalue weighted by Crippen LogP contribution is 2.42. The Bertz CT molecular complexity index is 432. The first kappa shape index (κ1) is 13.5. The highest BCUT2D eigenvalue weighted by atomic mass is 32.1. The van der Waals surface area contributed by atoms with Crippen LogP contribution in [0.1, 0.15) is 54.9 Å². The van der Waals surface area contributed by atoms with Crippen LogP contribution in [0.3, 0.4) is 0 Å². The van der Waals surface area contributed by atoms with Crippen molar-refractivity contribution < 1.29 is 9.90 Å². The Kier molecular flexibility index (Phi) is 3.73. The SMILES string of the molecule is CCN(CC(C)(C)O)C(=O)c1scnc1C1CC1. The minimum Gasteiger partial charge on any atom is -0.389 e. The summed E-state index contributed by atoms with van der Waals surface area (Å²) in [6, 6.07) is 0. The second-order valence-electron chi connectivity index (χ2n) is 5.47. The van der Waals surface area contributed by atoms with Crippen LogP contribution in [0.15, 0.2) is 5.51 Å². The number of rotatable bonds is 5. The topological polar surface area (TPSA) is 53.4 Å². The van der Waals surface area contributed by atoms with E-state index < -0.39 is 5.60 Å². The fourth-order valence-corrected chi connectivity index (χ4v) is 2.84. The van der Waals surface area contributed by atoms with Gasteiger partial charge in [-0.25, -0.2) is 4.98 Å².